The SMILES string of the molecule is CCc1ccccc1N.CCc1ccccc1N=Cc1c(C)[nH]n(-c2cccc(C#N)c2)c1=O. The minimum atomic E-state index is -0.190. The highest BCUT2D eigenvalue weighted by molar-refractivity contribution is 5.83. The minimum absolute atomic E-state index is 0.190. The van der Waals surface area contributed by atoms with Crippen molar-refractivity contribution >= 4 is 17.6 Å². The number of nitrogen functional groups attached to an aromatic ring is 1. The van der Waals surface area contributed by atoms with Gasteiger partial charge in [-0.2, -0.15) is 5.26 Å². The number of anilines is 1. The number of nitrogens with one attached hydrogen (secondary N) is 1. The lowest BCUT2D eigenvalue weighted by Gasteiger charge is -2.01. The molecule has 0 bridgehead atoms. The van der Waals surface area contributed by atoms with Crippen LogP contribution in [0.5, 0.6) is 0 Å². The van der Waals surface area contributed by atoms with Gasteiger partial charge in [-0.3, -0.25) is 14.9 Å². The molecule has 0 saturated heterocycles. The lowest BCUT2D eigenvalue weighted by molar-refractivity contribution is 0.835. The van der Waals surface area contributed by atoms with Crippen molar-refractivity contribution in [2.45, 2.75) is 33.6 Å². The Morgan fingerprint density at radius 1 is 1.00 bits per heavy atom. The van der Waals surface area contributed by atoms with Gasteiger partial charge in [-0.1, -0.05) is 56.3 Å². The van der Waals surface area contributed by atoms with E-state index < -0.39 is 0 Å². The highest BCUT2D eigenvalue weighted by Crippen LogP contribution is 2.19. The molecule has 172 valence electrons. The fourth-order valence-electron chi connectivity index (χ4n) is 3.53. The molecule has 0 fully saturated rings. The van der Waals surface area contributed by atoms with Gasteiger partial charge in [0.15, 0.2) is 0 Å². The Bertz CT molecular complexity index is 1390. The molecular weight excluding hydrogens is 422 g/mol. The number of nitrogens with two attached hydrogens (primary N) is 1. The summed E-state index contributed by atoms with van der Waals surface area (Å²) in [6.45, 7) is 6.01. The molecule has 0 aliphatic rings. The third-order valence-corrected chi connectivity index (χ3v) is 5.49. The molecule has 4 aromatic rings. The van der Waals surface area contributed by atoms with Crippen LogP contribution >= 0.6 is 0 Å². The first kappa shape index (κ1) is 24.3. The molecule has 6 nitrogen and oxygen atoms in total. The zero-order valence-corrected chi connectivity index (χ0v) is 19.7. The van der Waals surface area contributed by atoms with Gasteiger partial charge in [-0.25, -0.2) is 4.68 Å². The van der Waals surface area contributed by atoms with Crippen molar-refractivity contribution in [1.29, 1.82) is 5.26 Å². The van der Waals surface area contributed by atoms with Crippen LogP contribution in [0.3, 0.4) is 0 Å². The number of rotatable bonds is 5. The Kier molecular flexibility index (Phi) is 8.20. The zero-order chi connectivity index (χ0) is 24.5. The number of benzene rings is 3. The van der Waals surface area contributed by atoms with E-state index in [-0.39, 0.29) is 5.56 Å². The van der Waals surface area contributed by atoms with E-state index in [1.165, 1.54) is 10.2 Å². The van der Waals surface area contributed by atoms with Gasteiger partial charge in [0, 0.05) is 17.6 Å². The van der Waals surface area contributed by atoms with Gasteiger partial charge in [0.05, 0.1) is 28.6 Å². The second kappa shape index (κ2) is 11.5. The van der Waals surface area contributed by atoms with Crippen LogP contribution in [0.4, 0.5) is 11.4 Å². The maximum Gasteiger partial charge on any atom is 0.280 e. The molecule has 6 heteroatoms. The lowest BCUT2D eigenvalue weighted by Crippen LogP contribution is -2.17. The van der Waals surface area contributed by atoms with Crippen molar-refractivity contribution in [3.63, 3.8) is 0 Å². The molecule has 34 heavy (non-hydrogen) atoms. The van der Waals surface area contributed by atoms with Crippen LogP contribution in [0.1, 0.15) is 41.8 Å². The van der Waals surface area contributed by atoms with Crippen molar-refractivity contribution in [2.24, 2.45) is 4.99 Å². The molecule has 3 N–H and O–H groups in total. The Balaban J connectivity index is 0.000000302. The average molecular weight is 452 g/mol. The van der Waals surface area contributed by atoms with Crippen LogP contribution in [0, 0.1) is 18.3 Å². The van der Waals surface area contributed by atoms with E-state index in [2.05, 4.69) is 36.1 Å². The molecule has 3 aromatic carbocycles. The van der Waals surface area contributed by atoms with Gasteiger partial charge in [0.2, 0.25) is 0 Å². The summed E-state index contributed by atoms with van der Waals surface area (Å²) >= 11 is 0. The highest BCUT2D eigenvalue weighted by atomic mass is 16.1. The number of aliphatic imine (C=N–C) groups is 1. The zero-order valence-electron chi connectivity index (χ0n) is 19.7. The molecule has 4 rings (SSSR count). The quantitative estimate of drug-likeness (QED) is 0.310. The Hall–Kier alpha value is -4.37. The number of para-hydroxylation sites is 2. The summed E-state index contributed by atoms with van der Waals surface area (Å²) in [7, 11) is 0. The number of aromatic amines is 1. The molecule has 1 heterocycles. The second-order valence-corrected chi connectivity index (χ2v) is 7.75. The first-order valence-electron chi connectivity index (χ1n) is 11.3. The molecule has 1 aromatic heterocycles. The molecule has 0 amide bonds. The van der Waals surface area contributed by atoms with E-state index >= 15 is 0 Å². The van der Waals surface area contributed by atoms with E-state index in [4.69, 9.17) is 11.0 Å². The van der Waals surface area contributed by atoms with Gasteiger partial charge < -0.3 is 5.73 Å². The van der Waals surface area contributed by atoms with Crippen LogP contribution in [0.15, 0.2) is 82.6 Å². The van der Waals surface area contributed by atoms with Gasteiger partial charge in [-0.05, 0) is 61.2 Å². The van der Waals surface area contributed by atoms with Crippen molar-refractivity contribution in [3.05, 3.63) is 111 Å². The lowest BCUT2D eigenvalue weighted by atomic mass is 10.1. The van der Waals surface area contributed by atoms with E-state index in [9.17, 15) is 4.79 Å². The molecular formula is C28H29N5O. The summed E-state index contributed by atoms with van der Waals surface area (Å²) < 4.78 is 1.43. The van der Waals surface area contributed by atoms with Gasteiger partial charge in [0.1, 0.15) is 0 Å². The summed E-state index contributed by atoms with van der Waals surface area (Å²) in [4.78, 5) is 17.2. The molecule has 0 aliphatic heterocycles. The predicted molar refractivity (Wildman–Crippen MR) is 139 cm³/mol. The van der Waals surface area contributed by atoms with Gasteiger partial charge in [0.25, 0.3) is 5.56 Å². The van der Waals surface area contributed by atoms with Gasteiger partial charge >= 0.3 is 0 Å². The molecule has 0 saturated carbocycles. The van der Waals surface area contributed by atoms with E-state index in [0.29, 0.717) is 16.8 Å². The summed E-state index contributed by atoms with van der Waals surface area (Å²) in [6.07, 6.45) is 3.50. The monoisotopic (exact) mass is 451 g/mol. The fourth-order valence-corrected chi connectivity index (χ4v) is 3.53. The summed E-state index contributed by atoms with van der Waals surface area (Å²) in [6, 6.07) is 24.8. The van der Waals surface area contributed by atoms with E-state index in [1.54, 1.807) is 30.5 Å². The van der Waals surface area contributed by atoms with Crippen LogP contribution in [0.25, 0.3) is 5.69 Å². The number of nitrogens with zero attached hydrogens (tertiary/aromatic N) is 3. The molecule has 0 spiro atoms. The highest BCUT2D eigenvalue weighted by Gasteiger charge is 2.11. The van der Waals surface area contributed by atoms with Crippen LogP contribution in [-0.4, -0.2) is 16.0 Å². The van der Waals surface area contributed by atoms with Crippen LogP contribution in [0.2, 0.25) is 0 Å². The molecule has 0 aliphatic carbocycles. The summed E-state index contributed by atoms with van der Waals surface area (Å²) in [5.74, 6) is 0. The Morgan fingerprint density at radius 2 is 1.68 bits per heavy atom. The topological polar surface area (TPSA) is 100.0 Å². The fraction of sp³-hybridized carbons (Fsp3) is 0.179. The number of aryl methyl sites for hydroxylation is 3. The standard InChI is InChI=1S/C20H18N4O.C8H11N/c1-3-16-8-4-5-10-19(16)22-13-18-14(2)23-24(20(18)25)17-9-6-7-15(11-17)12-21;1-2-7-5-3-4-6-8(7)9/h4-11,13,23H,3H2,1-2H3;3-6H,2,9H2,1H3. The van der Waals surface area contributed by atoms with Crippen molar-refractivity contribution < 1.29 is 0 Å². The molecule has 0 atom stereocenters. The maximum absolute atomic E-state index is 12.7. The number of nitriles is 1. The Morgan fingerprint density at radius 3 is 2.32 bits per heavy atom. The van der Waals surface area contributed by atoms with Crippen molar-refractivity contribution in [3.8, 4) is 11.8 Å². The second-order valence-electron chi connectivity index (χ2n) is 7.75. The predicted octanol–water partition coefficient (Wildman–Crippen LogP) is 5.49. The average Bonchev–Trinajstić information content (AvgIpc) is 3.16. The number of hydrogen-bond acceptors (Lipinski definition) is 4. The first-order valence-corrected chi connectivity index (χ1v) is 11.3. The largest absolute Gasteiger partial charge is 0.399 e. The Labute approximate surface area is 200 Å². The van der Waals surface area contributed by atoms with E-state index in [0.717, 1.165) is 35.5 Å². The third kappa shape index (κ3) is 5.70. The summed E-state index contributed by atoms with van der Waals surface area (Å²) in [5.41, 5.74) is 11.9. The van der Waals surface area contributed by atoms with Crippen LogP contribution in [-0.2, 0) is 12.8 Å². The minimum Gasteiger partial charge on any atom is -0.399 e. The number of aromatic nitrogens is 2. The van der Waals surface area contributed by atoms with Crippen molar-refractivity contribution in [1.82, 2.24) is 9.78 Å². The molecule has 0 unspecified atom stereocenters. The smallest absolute Gasteiger partial charge is 0.280 e. The van der Waals surface area contributed by atoms with E-state index in [1.807, 2.05) is 49.4 Å². The van der Waals surface area contributed by atoms with Gasteiger partial charge in [-0.15, -0.1) is 0 Å². The third-order valence-electron chi connectivity index (χ3n) is 5.49. The first-order chi connectivity index (χ1) is 16.5. The maximum atomic E-state index is 12.7. The van der Waals surface area contributed by atoms with Crippen molar-refractivity contribution in [2.75, 3.05) is 5.73 Å². The number of hydrogen-bond donors (Lipinski definition) is 2. The summed E-state index contributed by atoms with van der Waals surface area (Å²) in [5, 5.41) is 12.1. The number of H-pyrrole nitrogens is 1. The normalized spacial score (nSPS) is 10.5. The molecule has 0 radical (unpaired) electrons. The van der Waals surface area contributed by atoms with Crippen LogP contribution < -0.4 is 11.3 Å².